The van der Waals surface area contributed by atoms with Crippen LogP contribution in [-0.2, 0) is 23.8 Å². The fraction of sp³-hybridized carbons (Fsp3) is 0.700. The molecule has 0 amide bonds. The molecule has 6 atom stereocenters. The molecule has 0 radical (unpaired) electrons. The standard InChI is InChI=1S/C20H28O6/c1-6-12(3)17(21)24-13-9-11(2)7-8-15-19(4,26-15)10-14-16(13)20(5,23)18(22)25-14/h6,9,13-16,23H,7-8,10H2,1-5H3/b11-9+,12-6-/t13-,14-,15-,16-,19-,20-/m0/s1. The Labute approximate surface area is 154 Å². The third kappa shape index (κ3) is 3.32. The minimum Gasteiger partial charge on any atom is -0.460 e. The molecule has 0 bridgehead atoms. The molecule has 2 saturated heterocycles. The molecule has 2 aliphatic heterocycles. The first kappa shape index (κ1) is 19.1. The van der Waals surface area contributed by atoms with Crippen molar-refractivity contribution in [2.75, 3.05) is 0 Å². The highest BCUT2D eigenvalue weighted by atomic mass is 16.6. The lowest BCUT2D eigenvalue weighted by Crippen LogP contribution is -2.47. The maximum absolute atomic E-state index is 12.4. The fourth-order valence-corrected chi connectivity index (χ4v) is 4.03. The van der Waals surface area contributed by atoms with Gasteiger partial charge < -0.3 is 19.3 Å². The molecular weight excluding hydrogens is 336 g/mol. The minimum absolute atomic E-state index is 0.125. The average molecular weight is 364 g/mol. The zero-order chi connectivity index (χ0) is 19.3. The van der Waals surface area contributed by atoms with Crippen LogP contribution < -0.4 is 0 Å². The van der Waals surface area contributed by atoms with Gasteiger partial charge in [-0.25, -0.2) is 9.59 Å². The molecule has 3 aliphatic rings. The van der Waals surface area contributed by atoms with Crippen molar-refractivity contribution < 1.29 is 28.9 Å². The lowest BCUT2D eigenvalue weighted by Gasteiger charge is -2.32. The van der Waals surface area contributed by atoms with Gasteiger partial charge in [0, 0.05) is 12.0 Å². The van der Waals surface area contributed by atoms with E-state index in [1.54, 1.807) is 19.9 Å². The van der Waals surface area contributed by atoms with Crippen LogP contribution >= 0.6 is 0 Å². The second kappa shape index (κ2) is 6.50. The fourth-order valence-electron chi connectivity index (χ4n) is 4.03. The van der Waals surface area contributed by atoms with Gasteiger partial charge in [0.05, 0.1) is 17.6 Å². The molecule has 0 unspecified atom stereocenters. The number of allylic oxidation sites excluding steroid dienone is 2. The third-order valence-electron chi connectivity index (χ3n) is 5.96. The summed E-state index contributed by atoms with van der Waals surface area (Å²) in [6.45, 7) is 8.84. The Bertz CT molecular complexity index is 676. The number of aliphatic hydroxyl groups is 1. The number of carbonyl (C=O) groups is 2. The van der Waals surface area contributed by atoms with Gasteiger partial charge in [0.2, 0.25) is 0 Å². The molecule has 2 fully saturated rings. The van der Waals surface area contributed by atoms with E-state index in [9.17, 15) is 14.7 Å². The van der Waals surface area contributed by atoms with E-state index >= 15 is 0 Å². The number of epoxide rings is 1. The SMILES string of the molecule is C/C=C(/C)C(=O)O[C@H]1/C=C(\C)CC[C@@H]2O[C@@]2(C)C[C@@H]2OC(=O)[C@@](C)(O)[C@@H]12. The van der Waals surface area contributed by atoms with Gasteiger partial charge in [-0.15, -0.1) is 0 Å². The smallest absolute Gasteiger partial charge is 0.338 e. The highest BCUT2D eigenvalue weighted by molar-refractivity contribution is 5.88. The van der Waals surface area contributed by atoms with Gasteiger partial charge in [0.1, 0.15) is 12.2 Å². The van der Waals surface area contributed by atoms with Crippen LogP contribution in [0.2, 0.25) is 0 Å². The molecule has 2 heterocycles. The van der Waals surface area contributed by atoms with E-state index in [-0.39, 0.29) is 11.7 Å². The maximum atomic E-state index is 12.4. The molecule has 0 aromatic heterocycles. The Balaban J connectivity index is 1.98. The number of ether oxygens (including phenoxy) is 3. The molecule has 144 valence electrons. The van der Waals surface area contributed by atoms with Gasteiger partial charge in [-0.05, 0) is 53.5 Å². The number of fused-ring (bicyclic) bond motifs is 2. The van der Waals surface area contributed by atoms with Gasteiger partial charge in [-0.2, -0.15) is 0 Å². The highest BCUT2D eigenvalue weighted by Gasteiger charge is 2.62. The van der Waals surface area contributed by atoms with Crippen molar-refractivity contribution in [3.05, 3.63) is 23.3 Å². The average Bonchev–Trinajstić information content (AvgIpc) is 3.14. The van der Waals surface area contributed by atoms with Crippen molar-refractivity contribution in [3.63, 3.8) is 0 Å². The zero-order valence-electron chi connectivity index (χ0n) is 16.1. The number of hydrogen-bond acceptors (Lipinski definition) is 6. The van der Waals surface area contributed by atoms with Crippen LogP contribution in [0.25, 0.3) is 0 Å². The molecule has 6 heteroatoms. The molecule has 0 aromatic carbocycles. The molecule has 1 N–H and O–H groups in total. The first-order chi connectivity index (χ1) is 12.1. The minimum atomic E-state index is -1.73. The van der Waals surface area contributed by atoms with Crippen LogP contribution in [0.4, 0.5) is 0 Å². The second-order valence-corrected chi connectivity index (χ2v) is 8.13. The maximum Gasteiger partial charge on any atom is 0.338 e. The molecule has 3 rings (SSSR count). The first-order valence-corrected chi connectivity index (χ1v) is 9.21. The Morgan fingerprint density at radius 3 is 2.77 bits per heavy atom. The Morgan fingerprint density at radius 2 is 2.12 bits per heavy atom. The summed E-state index contributed by atoms with van der Waals surface area (Å²) < 4.78 is 17.1. The van der Waals surface area contributed by atoms with Gasteiger partial charge in [0.15, 0.2) is 5.60 Å². The van der Waals surface area contributed by atoms with E-state index in [1.165, 1.54) is 6.92 Å². The van der Waals surface area contributed by atoms with Crippen molar-refractivity contribution in [2.24, 2.45) is 5.92 Å². The van der Waals surface area contributed by atoms with Crippen LogP contribution in [-0.4, -0.2) is 46.6 Å². The lowest BCUT2D eigenvalue weighted by atomic mass is 9.78. The van der Waals surface area contributed by atoms with Crippen LogP contribution in [0, 0.1) is 5.92 Å². The van der Waals surface area contributed by atoms with Gasteiger partial charge in [-0.1, -0.05) is 11.6 Å². The van der Waals surface area contributed by atoms with Crippen molar-refractivity contribution in [3.8, 4) is 0 Å². The zero-order valence-corrected chi connectivity index (χ0v) is 16.1. The third-order valence-corrected chi connectivity index (χ3v) is 5.96. The van der Waals surface area contributed by atoms with Gasteiger partial charge >= 0.3 is 11.9 Å². The number of esters is 2. The van der Waals surface area contributed by atoms with Crippen LogP contribution in [0.5, 0.6) is 0 Å². The second-order valence-electron chi connectivity index (χ2n) is 8.13. The predicted molar refractivity (Wildman–Crippen MR) is 94.2 cm³/mol. The quantitative estimate of drug-likeness (QED) is 0.351. The summed E-state index contributed by atoms with van der Waals surface area (Å²) in [4.78, 5) is 24.7. The van der Waals surface area contributed by atoms with E-state index in [4.69, 9.17) is 14.2 Å². The molecular formula is C20H28O6. The van der Waals surface area contributed by atoms with Gasteiger partial charge in [-0.3, -0.25) is 0 Å². The monoisotopic (exact) mass is 364 g/mol. The first-order valence-electron chi connectivity index (χ1n) is 9.21. The van der Waals surface area contributed by atoms with E-state index < -0.39 is 35.7 Å². The topological polar surface area (TPSA) is 85.4 Å². The Morgan fingerprint density at radius 1 is 1.42 bits per heavy atom. The normalized spacial score (nSPS) is 44.9. The van der Waals surface area contributed by atoms with Gasteiger partial charge in [0.25, 0.3) is 0 Å². The molecule has 0 saturated carbocycles. The molecule has 1 aliphatic carbocycles. The summed E-state index contributed by atoms with van der Waals surface area (Å²) in [6.07, 6.45) is 4.49. The predicted octanol–water partition coefficient (Wildman–Crippen LogP) is 2.44. The molecule has 0 spiro atoms. The van der Waals surface area contributed by atoms with E-state index in [1.807, 2.05) is 19.9 Å². The summed E-state index contributed by atoms with van der Waals surface area (Å²) in [5.74, 6) is -1.82. The van der Waals surface area contributed by atoms with Crippen LogP contribution in [0.15, 0.2) is 23.3 Å². The van der Waals surface area contributed by atoms with Crippen LogP contribution in [0.3, 0.4) is 0 Å². The summed E-state index contributed by atoms with van der Waals surface area (Å²) in [5.41, 5.74) is -0.577. The summed E-state index contributed by atoms with van der Waals surface area (Å²) in [6, 6.07) is 0. The number of rotatable bonds is 2. The van der Waals surface area contributed by atoms with E-state index in [0.717, 1.165) is 18.4 Å². The summed E-state index contributed by atoms with van der Waals surface area (Å²) >= 11 is 0. The van der Waals surface area contributed by atoms with Crippen LogP contribution in [0.1, 0.15) is 53.9 Å². The summed E-state index contributed by atoms with van der Waals surface area (Å²) in [7, 11) is 0. The van der Waals surface area contributed by atoms with Crippen molar-refractivity contribution >= 4 is 11.9 Å². The lowest BCUT2D eigenvalue weighted by molar-refractivity contribution is -0.157. The highest BCUT2D eigenvalue weighted by Crippen LogP contribution is 2.49. The van der Waals surface area contributed by atoms with E-state index in [2.05, 4.69) is 0 Å². The summed E-state index contributed by atoms with van der Waals surface area (Å²) in [5, 5.41) is 10.8. The molecule has 0 aromatic rings. The Hall–Kier alpha value is -1.66. The van der Waals surface area contributed by atoms with Crippen molar-refractivity contribution in [2.45, 2.75) is 83.4 Å². The molecule has 6 nitrogen and oxygen atoms in total. The molecule has 26 heavy (non-hydrogen) atoms. The van der Waals surface area contributed by atoms with E-state index in [0.29, 0.717) is 12.0 Å². The largest absolute Gasteiger partial charge is 0.460 e. The Kier molecular flexibility index (Phi) is 4.78. The van der Waals surface area contributed by atoms with Crippen molar-refractivity contribution in [1.82, 2.24) is 0 Å². The van der Waals surface area contributed by atoms with Crippen molar-refractivity contribution in [1.29, 1.82) is 0 Å². The number of carbonyl (C=O) groups excluding carboxylic acids is 2. The number of hydrogen-bond donors (Lipinski definition) is 1.